The molecule has 1 aliphatic heterocycles. The van der Waals surface area contributed by atoms with Crippen molar-refractivity contribution in [3.8, 4) is 0 Å². The Morgan fingerprint density at radius 3 is 1.81 bits per heavy atom. The second-order valence-electron chi connectivity index (χ2n) is 8.25. The van der Waals surface area contributed by atoms with Gasteiger partial charge in [0.05, 0.1) is 17.7 Å². The maximum Gasteiger partial charge on any atom is 0.338 e. The van der Waals surface area contributed by atoms with Gasteiger partial charge in [0.2, 0.25) is 0 Å². The summed E-state index contributed by atoms with van der Waals surface area (Å²) < 4.78 is 23.2. The fourth-order valence-electron chi connectivity index (χ4n) is 3.71. The van der Waals surface area contributed by atoms with Crippen LogP contribution in [0.3, 0.4) is 0 Å². The highest BCUT2D eigenvalue weighted by Crippen LogP contribution is 2.35. The summed E-state index contributed by atoms with van der Waals surface area (Å²) >= 11 is 1.33. The minimum absolute atomic E-state index is 0.0325. The summed E-state index contributed by atoms with van der Waals surface area (Å²) in [6.45, 7) is 3.21. The number of carbonyl (C=O) groups is 3. The van der Waals surface area contributed by atoms with E-state index in [-0.39, 0.29) is 6.61 Å². The largest absolute Gasteiger partial charge is 0.456 e. The van der Waals surface area contributed by atoms with Crippen molar-refractivity contribution in [2.24, 2.45) is 0 Å². The van der Waals surface area contributed by atoms with Crippen LogP contribution in [0, 0.1) is 6.92 Å². The lowest BCUT2D eigenvalue weighted by Gasteiger charge is -2.40. The van der Waals surface area contributed by atoms with Crippen LogP contribution in [0.4, 0.5) is 0 Å². The van der Waals surface area contributed by atoms with Crippen LogP contribution in [0.25, 0.3) is 0 Å². The monoisotopic (exact) mass is 506 g/mol. The molecule has 7 nitrogen and oxygen atoms in total. The van der Waals surface area contributed by atoms with Gasteiger partial charge in [-0.15, -0.1) is 0 Å². The summed E-state index contributed by atoms with van der Waals surface area (Å²) in [4.78, 5) is 38.8. The first kappa shape index (κ1) is 25.5. The SMILES string of the molecule is CC(=O)O[C@@H]1CO[C@@H](Sc2ccc(C)cc2)[C@H](OC(=O)c2ccccc2)[C@H]1OC(=O)c1ccccc1. The van der Waals surface area contributed by atoms with Crippen molar-refractivity contribution in [3.63, 3.8) is 0 Å². The number of hydrogen-bond donors (Lipinski definition) is 0. The average Bonchev–Trinajstić information content (AvgIpc) is 2.89. The predicted molar refractivity (Wildman–Crippen MR) is 134 cm³/mol. The van der Waals surface area contributed by atoms with Gasteiger partial charge in [0.25, 0.3) is 0 Å². The van der Waals surface area contributed by atoms with Gasteiger partial charge in [0, 0.05) is 11.8 Å². The molecule has 0 unspecified atom stereocenters. The zero-order chi connectivity index (χ0) is 25.5. The molecule has 0 radical (unpaired) electrons. The van der Waals surface area contributed by atoms with Gasteiger partial charge in [-0.25, -0.2) is 9.59 Å². The highest BCUT2D eigenvalue weighted by atomic mass is 32.2. The first-order chi connectivity index (χ1) is 17.4. The molecule has 0 N–H and O–H groups in total. The molecule has 0 aliphatic carbocycles. The van der Waals surface area contributed by atoms with Gasteiger partial charge in [-0.1, -0.05) is 65.9 Å². The van der Waals surface area contributed by atoms with Gasteiger partial charge >= 0.3 is 17.9 Å². The number of benzene rings is 3. The fourth-order valence-corrected chi connectivity index (χ4v) is 4.76. The van der Waals surface area contributed by atoms with Crippen molar-refractivity contribution in [2.45, 2.75) is 42.5 Å². The predicted octanol–water partition coefficient (Wildman–Crippen LogP) is 4.83. The van der Waals surface area contributed by atoms with Gasteiger partial charge in [0.1, 0.15) is 5.44 Å². The van der Waals surface area contributed by atoms with Crippen LogP contribution >= 0.6 is 11.8 Å². The molecular formula is C28H26O7S. The Morgan fingerprint density at radius 2 is 1.28 bits per heavy atom. The Hall–Kier alpha value is -3.62. The summed E-state index contributed by atoms with van der Waals surface area (Å²) in [5.41, 5.74) is 1.03. The highest BCUT2D eigenvalue weighted by molar-refractivity contribution is 7.99. The van der Waals surface area contributed by atoms with E-state index in [1.165, 1.54) is 18.7 Å². The molecular weight excluding hydrogens is 480 g/mol. The van der Waals surface area contributed by atoms with Crippen LogP contribution in [-0.2, 0) is 23.7 Å². The summed E-state index contributed by atoms with van der Waals surface area (Å²) in [6.07, 6.45) is -3.11. The molecule has 0 aromatic heterocycles. The Balaban J connectivity index is 1.66. The van der Waals surface area contributed by atoms with Gasteiger partial charge in [-0.05, 0) is 43.3 Å². The van der Waals surface area contributed by atoms with E-state index in [2.05, 4.69) is 0 Å². The molecule has 1 aliphatic rings. The van der Waals surface area contributed by atoms with Crippen LogP contribution in [0.5, 0.6) is 0 Å². The minimum Gasteiger partial charge on any atom is -0.456 e. The maximum absolute atomic E-state index is 13.1. The van der Waals surface area contributed by atoms with Crippen molar-refractivity contribution in [3.05, 3.63) is 102 Å². The van der Waals surface area contributed by atoms with Gasteiger partial charge in [-0.2, -0.15) is 0 Å². The number of carbonyl (C=O) groups excluding carboxylic acids is 3. The number of rotatable bonds is 7. The molecule has 186 valence electrons. The summed E-state index contributed by atoms with van der Waals surface area (Å²) in [6, 6.07) is 24.7. The van der Waals surface area contributed by atoms with E-state index in [0.717, 1.165) is 10.5 Å². The first-order valence-corrected chi connectivity index (χ1v) is 12.3. The molecule has 3 aromatic rings. The first-order valence-electron chi connectivity index (χ1n) is 11.4. The summed E-state index contributed by atoms with van der Waals surface area (Å²) in [5, 5.41) is 0. The van der Waals surface area contributed by atoms with Crippen LogP contribution in [-0.4, -0.2) is 48.3 Å². The van der Waals surface area contributed by atoms with E-state index >= 15 is 0 Å². The molecule has 0 spiro atoms. The quantitative estimate of drug-likeness (QED) is 0.333. The van der Waals surface area contributed by atoms with E-state index in [1.807, 2.05) is 31.2 Å². The van der Waals surface area contributed by atoms with Crippen molar-refractivity contribution < 1.29 is 33.3 Å². The third kappa shape index (κ3) is 6.53. The molecule has 0 saturated carbocycles. The topological polar surface area (TPSA) is 88.1 Å². The molecule has 0 amide bonds. The third-order valence-electron chi connectivity index (χ3n) is 5.48. The van der Waals surface area contributed by atoms with Crippen molar-refractivity contribution in [2.75, 3.05) is 6.61 Å². The minimum atomic E-state index is -1.09. The van der Waals surface area contributed by atoms with Gasteiger partial charge in [0.15, 0.2) is 18.3 Å². The average molecular weight is 507 g/mol. The zero-order valence-corrected chi connectivity index (χ0v) is 20.7. The highest BCUT2D eigenvalue weighted by Gasteiger charge is 2.48. The molecule has 8 heteroatoms. The molecule has 0 bridgehead atoms. The lowest BCUT2D eigenvalue weighted by Crippen LogP contribution is -2.56. The van der Waals surface area contributed by atoms with E-state index in [4.69, 9.17) is 18.9 Å². The Labute approximate surface area is 213 Å². The number of ether oxygens (including phenoxy) is 4. The standard InChI is InChI=1S/C28H26O7S/c1-18-13-15-22(16-14-18)36-28-25(35-27(31)21-11-7-4-8-12-21)24(23(17-32-28)33-19(2)29)34-26(30)20-9-5-3-6-10-20/h3-16,23-25,28H,17H2,1-2H3/t23-,24+,25-,28+/m1/s1. The van der Waals surface area contributed by atoms with Crippen molar-refractivity contribution >= 4 is 29.7 Å². The lowest BCUT2D eigenvalue weighted by molar-refractivity contribution is -0.190. The van der Waals surface area contributed by atoms with Gasteiger partial charge < -0.3 is 18.9 Å². The smallest absolute Gasteiger partial charge is 0.338 e. The van der Waals surface area contributed by atoms with Crippen molar-refractivity contribution in [1.82, 2.24) is 0 Å². The molecule has 36 heavy (non-hydrogen) atoms. The normalized spacial score (nSPS) is 21.3. The van der Waals surface area contributed by atoms with Crippen LogP contribution in [0.2, 0.25) is 0 Å². The maximum atomic E-state index is 13.1. The number of aryl methyl sites for hydroxylation is 1. The zero-order valence-electron chi connectivity index (χ0n) is 19.9. The Bertz CT molecular complexity index is 1180. The van der Waals surface area contributed by atoms with Crippen LogP contribution in [0.1, 0.15) is 33.2 Å². The second kappa shape index (κ2) is 11.9. The Morgan fingerprint density at radius 1 is 0.750 bits per heavy atom. The number of hydrogen-bond acceptors (Lipinski definition) is 8. The third-order valence-corrected chi connectivity index (χ3v) is 6.66. The summed E-state index contributed by atoms with van der Waals surface area (Å²) in [7, 11) is 0. The van der Waals surface area contributed by atoms with E-state index in [1.54, 1.807) is 60.7 Å². The number of thioether (sulfide) groups is 1. The molecule has 1 fully saturated rings. The summed E-state index contributed by atoms with van der Waals surface area (Å²) in [5.74, 6) is -1.80. The molecule has 1 heterocycles. The van der Waals surface area contributed by atoms with Crippen LogP contribution in [0.15, 0.2) is 89.8 Å². The second-order valence-corrected chi connectivity index (χ2v) is 9.42. The number of esters is 3. The Kier molecular flexibility index (Phi) is 8.40. The van der Waals surface area contributed by atoms with E-state index in [9.17, 15) is 14.4 Å². The molecule has 1 saturated heterocycles. The molecule has 3 aromatic carbocycles. The van der Waals surface area contributed by atoms with E-state index < -0.39 is 41.7 Å². The lowest BCUT2D eigenvalue weighted by atomic mass is 10.1. The fraction of sp³-hybridized carbons (Fsp3) is 0.250. The van der Waals surface area contributed by atoms with Crippen LogP contribution < -0.4 is 0 Å². The van der Waals surface area contributed by atoms with Crippen molar-refractivity contribution in [1.29, 1.82) is 0 Å². The van der Waals surface area contributed by atoms with Gasteiger partial charge in [-0.3, -0.25) is 4.79 Å². The molecule has 4 atom stereocenters. The molecule has 4 rings (SSSR count). The van der Waals surface area contributed by atoms with E-state index in [0.29, 0.717) is 11.1 Å².